The molecule has 3 rings (SSSR count). The zero-order chi connectivity index (χ0) is 17.6. The summed E-state index contributed by atoms with van der Waals surface area (Å²) in [5, 5.41) is 1.80. The highest BCUT2D eigenvalue weighted by Crippen LogP contribution is 2.19. The summed E-state index contributed by atoms with van der Waals surface area (Å²) in [7, 11) is 0. The van der Waals surface area contributed by atoms with Gasteiger partial charge in [-0.2, -0.15) is 0 Å². The van der Waals surface area contributed by atoms with Crippen molar-refractivity contribution in [1.82, 2.24) is 0 Å². The number of para-hydroxylation sites is 1. The molecule has 0 amide bonds. The molecule has 3 aromatic carbocycles. The average Bonchev–Trinajstić information content (AvgIpc) is 2.65. The van der Waals surface area contributed by atoms with Gasteiger partial charge in [0.05, 0.1) is 5.56 Å². The molecule has 0 aromatic heterocycles. The molecule has 0 spiro atoms. The molecule has 0 saturated carbocycles. The van der Waals surface area contributed by atoms with E-state index in [2.05, 4.69) is 0 Å². The molecule has 0 N–H and O–H groups in total. The molecule has 4 nitrogen and oxygen atoms in total. The van der Waals surface area contributed by atoms with Crippen LogP contribution in [0.25, 0.3) is 10.8 Å². The number of Topliss-reactive ketones (excluding diaryl/α,β-unsaturated/α-hetero) is 1. The summed E-state index contributed by atoms with van der Waals surface area (Å²) in [6.07, 6.45) is 0. The fraction of sp³-hybridized carbons (Fsp3) is 0.143. The predicted molar refractivity (Wildman–Crippen MR) is 96.2 cm³/mol. The Labute approximate surface area is 146 Å². The Morgan fingerprint density at radius 3 is 2.12 bits per heavy atom. The fourth-order valence-corrected chi connectivity index (χ4v) is 2.49. The lowest BCUT2D eigenvalue weighted by molar-refractivity contribution is 0.0450. The van der Waals surface area contributed by atoms with Gasteiger partial charge >= 0.3 is 5.97 Å². The van der Waals surface area contributed by atoms with Crippen LogP contribution < -0.4 is 4.74 Å². The Hall–Kier alpha value is -3.14. The summed E-state index contributed by atoms with van der Waals surface area (Å²) in [4.78, 5) is 23.6. The monoisotopic (exact) mass is 334 g/mol. The van der Waals surface area contributed by atoms with E-state index in [0.29, 0.717) is 17.7 Å². The Bertz CT molecular complexity index is 900. The first-order chi connectivity index (χ1) is 12.1. The smallest absolute Gasteiger partial charge is 0.338 e. The minimum atomic E-state index is -0.394. The van der Waals surface area contributed by atoms with Gasteiger partial charge in [-0.15, -0.1) is 0 Å². The first-order valence-corrected chi connectivity index (χ1v) is 8.03. The number of hydrogen-bond acceptors (Lipinski definition) is 4. The van der Waals surface area contributed by atoms with Crippen molar-refractivity contribution >= 4 is 22.5 Å². The number of esters is 1. The quantitative estimate of drug-likeness (QED) is 0.384. The van der Waals surface area contributed by atoms with Crippen LogP contribution in [0.2, 0.25) is 0 Å². The third-order valence-corrected chi connectivity index (χ3v) is 3.81. The molecular weight excluding hydrogens is 316 g/mol. The normalized spacial score (nSPS) is 10.4. The summed E-state index contributed by atoms with van der Waals surface area (Å²) < 4.78 is 10.7. The lowest BCUT2D eigenvalue weighted by atomic mass is 10.0. The number of carbonyl (C=O) groups is 2. The lowest BCUT2D eigenvalue weighted by Gasteiger charge is -2.08. The van der Waals surface area contributed by atoms with Crippen LogP contribution in [-0.2, 0) is 4.74 Å². The average molecular weight is 334 g/mol. The molecule has 0 fully saturated rings. The van der Waals surface area contributed by atoms with Crippen molar-refractivity contribution in [1.29, 1.82) is 0 Å². The summed E-state index contributed by atoms with van der Waals surface area (Å²) in [5.41, 5.74) is 1.13. The number of ketones is 1. The van der Waals surface area contributed by atoms with Crippen LogP contribution in [0.4, 0.5) is 0 Å². The van der Waals surface area contributed by atoms with Crippen molar-refractivity contribution in [3.63, 3.8) is 0 Å². The van der Waals surface area contributed by atoms with Gasteiger partial charge in [-0.1, -0.05) is 36.4 Å². The number of hydrogen-bond donors (Lipinski definition) is 0. The number of fused-ring (bicyclic) bond motifs is 1. The summed E-state index contributed by atoms with van der Waals surface area (Å²) in [6.45, 7) is 2.00. The van der Waals surface area contributed by atoms with Gasteiger partial charge in [-0.3, -0.25) is 4.79 Å². The van der Waals surface area contributed by atoms with E-state index < -0.39 is 5.97 Å². The second-order valence-corrected chi connectivity index (χ2v) is 5.63. The Morgan fingerprint density at radius 2 is 1.44 bits per heavy atom. The van der Waals surface area contributed by atoms with Gasteiger partial charge in [0.2, 0.25) is 0 Å². The molecule has 0 saturated heterocycles. The van der Waals surface area contributed by atoms with Gasteiger partial charge < -0.3 is 9.47 Å². The second kappa shape index (κ2) is 7.62. The van der Waals surface area contributed by atoms with E-state index in [1.54, 1.807) is 18.2 Å². The molecule has 126 valence electrons. The molecule has 4 heteroatoms. The van der Waals surface area contributed by atoms with Crippen molar-refractivity contribution in [3.8, 4) is 5.75 Å². The highest BCUT2D eigenvalue weighted by atomic mass is 16.6. The molecule has 0 aliphatic heterocycles. The third-order valence-electron chi connectivity index (χ3n) is 3.81. The fourth-order valence-electron chi connectivity index (χ4n) is 2.49. The molecule has 0 aliphatic rings. The van der Waals surface area contributed by atoms with Crippen molar-refractivity contribution in [2.24, 2.45) is 0 Å². The van der Waals surface area contributed by atoms with Gasteiger partial charge in [-0.25, -0.2) is 4.79 Å². The van der Waals surface area contributed by atoms with Crippen LogP contribution in [0.3, 0.4) is 0 Å². The molecule has 0 heterocycles. The summed E-state index contributed by atoms with van der Waals surface area (Å²) in [6, 6.07) is 20.1. The largest absolute Gasteiger partial charge is 0.490 e. The molecule has 0 bridgehead atoms. The standard InChI is InChI=1S/C21H18O4/c1-15(22)16-7-8-18-14-19(10-9-17(18)13-16)21(23)25-12-11-24-20-5-3-2-4-6-20/h2-10,13-14H,11-12H2,1H3. The van der Waals surface area contributed by atoms with Crippen molar-refractivity contribution in [3.05, 3.63) is 77.9 Å². The third kappa shape index (κ3) is 4.23. The number of carbonyl (C=O) groups excluding carboxylic acids is 2. The number of ether oxygens (including phenoxy) is 2. The zero-order valence-electron chi connectivity index (χ0n) is 13.9. The maximum atomic E-state index is 12.1. The predicted octanol–water partition coefficient (Wildman–Crippen LogP) is 4.28. The first kappa shape index (κ1) is 16.7. The topological polar surface area (TPSA) is 52.6 Å². The SMILES string of the molecule is CC(=O)c1ccc2cc(C(=O)OCCOc3ccccc3)ccc2c1. The lowest BCUT2D eigenvalue weighted by Crippen LogP contribution is -2.12. The maximum Gasteiger partial charge on any atom is 0.338 e. The van der Waals surface area contributed by atoms with Crippen LogP contribution >= 0.6 is 0 Å². The van der Waals surface area contributed by atoms with Gasteiger partial charge in [0.15, 0.2) is 5.78 Å². The molecule has 0 radical (unpaired) electrons. The van der Waals surface area contributed by atoms with Gasteiger partial charge in [-0.05, 0) is 48.0 Å². The van der Waals surface area contributed by atoms with Gasteiger partial charge in [0.1, 0.15) is 19.0 Å². The summed E-state index contributed by atoms with van der Waals surface area (Å²) >= 11 is 0. The van der Waals surface area contributed by atoms with E-state index >= 15 is 0 Å². The Kier molecular flexibility index (Phi) is 5.09. The van der Waals surface area contributed by atoms with E-state index in [9.17, 15) is 9.59 Å². The molecule has 25 heavy (non-hydrogen) atoms. The highest BCUT2D eigenvalue weighted by molar-refractivity contribution is 6.00. The van der Waals surface area contributed by atoms with E-state index in [1.165, 1.54) is 6.92 Å². The number of benzene rings is 3. The Balaban J connectivity index is 1.60. The second-order valence-electron chi connectivity index (χ2n) is 5.63. The van der Waals surface area contributed by atoms with E-state index in [1.807, 2.05) is 48.5 Å². The molecule has 0 atom stereocenters. The van der Waals surface area contributed by atoms with Gasteiger partial charge in [0, 0.05) is 5.56 Å². The van der Waals surface area contributed by atoms with E-state index in [4.69, 9.17) is 9.47 Å². The van der Waals surface area contributed by atoms with Crippen molar-refractivity contribution in [2.75, 3.05) is 13.2 Å². The van der Waals surface area contributed by atoms with E-state index in [0.717, 1.165) is 16.5 Å². The van der Waals surface area contributed by atoms with Crippen molar-refractivity contribution in [2.45, 2.75) is 6.92 Å². The maximum absolute atomic E-state index is 12.1. The summed E-state index contributed by atoms with van der Waals surface area (Å²) in [5.74, 6) is 0.364. The van der Waals surface area contributed by atoms with Crippen LogP contribution in [0.15, 0.2) is 66.7 Å². The van der Waals surface area contributed by atoms with Crippen molar-refractivity contribution < 1.29 is 19.1 Å². The van der Waals surface area contributed by atoms with E-state index in [-0.39, 0.29) is 12.4 Å². The van der Waals surface area contributed by atoms with Gasteiger partial charge in [0.25, 0.3) is 0 Å². The van der Waals surface area contributed by atoms with Crippen LogP contribution in [0, 0.1) is 0 Å². The molecular formula is C21H18O4. The first-order valence-electron chi connectivity index (χ1n) is 8.03. The Morgan fingerprint density at radius 1 is 0.800 bits per heavy atom. The number of rotatable bonds is 6. The molecule has 0 unspecified atom stereocenters. The minimum Gasteiger partial charge on any atom is -0.490 e. The zero-order valence-corrected chi connectivity index (χ0v) is 13.9. The van der Waals surface area contributed by atoms with Crippen LogP contribution in [0.5, 0.6) is 5.75 Å². The highest BCUT2D eigenvalue weighted by Gasteiger charge is 2.09. The minimum absolute atomic E-state index is 0.0174. The molecule has 0 aliphatic carbocycles. The van der Waals surface area contributed by atoms with Crippen LogP contribution in [-0.4, -0.2) is 25.0 Å². The van der Waals surface area contributed by atoms with Crippen LogP contribution in [0.1, 0.15) is 27.6 Å². The molecule has 3 aromatic rings.